The topological polar surface area (TPSA) is 35.5 Å². The summed E-state index contributed by atoms with van der Waals surface area (Å²) in [6.07, 6.45) is 2.28. The van der Waals surface area contributed by atoms with Gasteiger partial charge in [0.2, 0.25) is 0 Å². The number of hydrogen-bond acceptors (Lipinski definition) is 3. The average molecular weight is 286 g/mol. The van der Waals surface area contributed by atoms with E-state index < -0.39 is 0 Å². The Morgan fingerprint density at radius 1 is 1.29 bits per heavy atom. The number of methoxy groups -OCH3 is 1. The van der Waals surface area contributed by atoms with Crippen molar-refractivity contribution < 1.29 is 14.3 Å². The first-order chi connectivity index (χ1) is 10.1. The molecule has 3 heteroatoms. The molecule has 0 saturated heterocycles. The minimum Gasteiger partial charge on any atom is -0.490 e. The second-order valence-electron chi connectivity index (χ2n) is 4.89. The van der Waals surface area contributed by atoms with Crippen LogP contribution >= 0.6 is 0 Å². The molecule has 0 spiro atoms. The number of allylic oxidation sites excluding steroid dienone is 1. The van der Waals surface area contributed by atoms with Crippen LogP contribution in [0.15, 0.2) is 35.9 Å². The lowest BCUT2D eigenvalue weighted by Crippen LogP contribution is -2.07. The van der Waals surface area contributed by atoms with Gasteiger partial charge in [0.1, 0.15) is 12.4 Å². The van der Waals surface area contributed by atoms with Crippen LogP contribution in [-0.4, -0.2) is 19.7 Å². The highest BCUT2D eigenvalue weighted by molar-refractivity contribution is 5.71. The molecule has 0 aliphatic rings. The minimum atomic E-state index is -0.258. The monoisotopic (exact) mass is 286 g/mol. The van der Waals surface area contributed by atoms with Crippen molar-refractivity contribution in [1.82, 2.24) is 0 Å². The normalized spacial score (nSPS) is 10.9. The van der Waals surface area contributed by atoms with Gasteiger partial charge in [-0.05, 0) is 44.5 Å². The highest BCUT2D eigenvalue weighted by Gasteiger charge is 2.14. The van der Waals surface area contributed by atoms with E-state index in [1.54, 1.807) is 6.92 Å². The van der Waals surface area contributed by atoms with E-state index in [2.05, 4.69) is 11.8 Å². The number of rotatable bonds is 6. The van der Waals surface area contributed by atoms with Gasteiger partial charge in [0.15, 0.2) is 0 Å². The fraction of sp³-hybridized carbons (Fsp3) is 0.389. The van der Waals surface area contributed by atoms with Gasteiger partial charge in [-0.1, -0.05) is 23.6 Å². The van der Waals surface area contributed by atoms with Crippen LogP contribution in [0.1, 0.15) is 38.7 Å². The first-order valence-corrected chi connectivity index (χ1v) is 6.92. The van der Waals surface area contributed by atoms with Gasteiger partial charge in [0, 0.05) is 0 Å². The van der Waals surface area contributed by atoms with E-state index in [1.165, 1.54) is 12.7 Å². The molecule has 0 aromatic heterocycles. The SMILES string of the molecule is CC#C[C@H](CC(=O)OC)c1ccc(OCC=C(C)C)cc1. The predicted octanol–water partition coefficient (Wildman–Crippen LogP) is 3.70. The van der Waals surface area contributed by atoms with Crippen molar-refractivity contribution in [3.05, 3.63) is 41.5 Å². The molecule has 0 aliphatic carbocycles. The molecule has 0 radical (unpaired) electrons. The van der Waals surface area contributed by atoms with E-state index in [1.807, 2.05) is 44.2 Å². The first kappa shape index (κ1) is 16.8. The van der Waals surface area contributed by atoms with Crippen LogP contribution in [0.4, 0.5) is 0 Å². The predicted molar refractivity (Wildman–Crippen MR) is 84.2 cm³/mol. The summed E-state index contributed by atoms with van der Waals surface area (Å²) < 4.78 is 10.3. The Bertz CT molecular complexity index is 540. The fourth-order valence-corrected chi connectivity index (χ4v) is 1.78. The van der Waals surface area contributed by atoms with Gasteiger partial charge in [0.25, 0.3) is 0 Å². The van der Waals surface area contributed by atoms with E-state index in [0.717, 1.165) is 11.3 Å². The van der Waals surface area contributed by atoms with Gasteiger partial charge in [-0.3, -0.25) is 4.79 Å². The third-order valence-corrected chi connectivity index (χ3v) is 2.94. The molecular weight excluding hydrogens is 264 g/mol. The maximum Gasteiger partial charge on any atom is 0.307 e. The summed E-state index contributed by atoms with van der Waals surface area (Å²) in [6.45, 7) is 6.39. The molecule has 0 amide bonds. The Balaban J connectivity index is 2.75. The molecule has 0 bridgehead atoms. The van der Waals surface area contributed by atoms with Crippen molar-refractivity contribution >= 4 is 5.97 Å². The van der Waals surface area contributed by atoms with Crippen molar-refractivity contribution in [2.45, 2.75) is 33.1 Å². The molecule has 1 aromatic carbocycles. The van der Waals surface area contributed by atoms with Gasteiger partial charge in [0.05, 0.1) is 19.4 Å². The number of carbonyl (C=O) groups excluding carboxylic acids is 1. The molecule has 0 aliphatic heterocycles. The maximum atomic E-state index is 11.4. The second-order valence-corrected chi connectivity index (χ2v) is 4.89. The van der Waals surface area contributed by atoms with Crippen molar-refractivity contribution in [3.8, 4) is 17.6 Å². The fourth-order valence-electron chi connectivity index (χ4n) is 1.78. The molecule has 3 nitrogen and oxygen atoms in total. The summed E-state index contributed by atoms with van der Waals surface area (Å²) in [5.41, 5.74) is 2.22. The van der Waals surface area contributed by atoms with Gasteiger partial charge in [-0.2, -0.15) is 0 Å². The summed E-state index contributed by atoms with van der Waals surface area (Å²) in [4.78, 5) is 11.4. The number of carbonyl (C=O) groups is 1. The number of benzene rings is 1. The Morgan fingerprint density at radius 2 is 1.95 bits per heavy atom. The van der Waals surface area contributed by atoms with E-state index >= 15 is 0 Å². The molecule has 0 unspecified atom stereocenters. The van der Waals surface area contributed by atoms with Crippen LogP contribution in [0.2, 0.25) is 0 Å². The Hall–Kier alpha value is -2.21. The zero-order valence-electron chi connectivity index (χ0n) is 13.1. The Morgan fingerprint density at radius 3 is 2.48 bits per heavy atom. The lowest BCUT2D eigenvalue weighted by molar-refractivity contribution is -0.140. The summed E-state index contributed by atoms with van der Waals surface area (Å²) in [6, 6.07) is 7.68. The number of hydrogen-bond donors (Lipinski definition) is 0. The first-order valence-electron chi connectivity index (χ1n) is 6.92. The Labute approximate surface area is 127 Å². The van der Waals surface area contributed by atoms with Crippen LogP contribution in [0.25, 0.3) is 0 Å². The summed E-state index contributed by atoms with van der Waals surface area (Å²) in [5, 5.41) is 0. The van der Waals surface area contributed by atoms with Gasteiger partial charge in [-0.15, -0.1) is 5.92 Å². The highest BCUT2D eigenvalue weighted by atomic mass is 16.5. The molecule has 0 N–H and O–H groups in total. The number of ether oxygens (including phenoxy) is 2. The molecule has 0 heterocycles. The van der Waals surface area contributed by atoms with Gasteiger partial charge >= 0.3 is 5.97 Å². The maximum absolute atomic E-state index is 11.4. The molecule has 1 aromatic rings. The zero-order chi connectivity index (χ0) is 15.7. The van der Waals surface area contributed by atoms with Crippen LogP contribution in [0, 0.1) is 11.8 Å². The second kappa shape index (κ2) is 8.86. The van der Waals surface area contributed by atoms with Crippen molar-refractivity contribution in [1.29, 1.82) is 0 Å². The average Bonchev–Trinajstić information content (AvgIpc) is 2.47. The standard InChI is InChI=1S/C18H22O3/c1-5-6-16(13-18(19)20-4)15-7-9-17(10-8-15)21-12-11-14(2)3/h7-11,16H,12-13H2,1-4H3/t16-/m1/s1. The summed E-state index contributed by atoms with van der Waals surface area (Å²) in [7, 11) is 1.39. The van der Waals surface area contributed by atoms with E-state index in [9.17, 15) is 4.79 Å². The minimum absolute atomic E-state index is 0.144. The van der Waals surface area contributed by atoms with Crippen LogP contribution < -0.4 is 4.74 Å². The molecular formula is C18H22O3. The lowest BCUT2D eigenvalue weighted by Gasteiger charge is -2.11. The van der Waals surface area contributed by atoms with Crippen LogP contribution in [-0.2, 0) is 9.53 Å². The van der Waals surface area contributed by atoms with E-state index in [4.69, 9.17) is 9.47 Å². The molecule has 1 rings (SSSR count). The van der Waals surface area contributed by atoms with Crippen LogP contribution in [0.5, 0.6) is 5.75 Å². The third-order valence-electron chi connectivity index (χ3n) is 2.94. The third kappa shape index (κ3) is 6.18. The quantitative estimate of drug-likeness (QED) is 0.454. The van der Waals surface area contributed by atoms with Crippen LogP contribution in [0.3, 0.4) is 0 Å². The highest BCUT2D eigenvalue weighted by Crippen LogP contribution is 2.22. The Kier molecular flexibility index (Phi) is 7.11. The van der Waals surface area contributed by atoms with Gasteiger partial charge < -0.3 is 9.47 Å². The smallest absolute Gasteiger partial charge is 0.307 e. The largest absolute Gasteiger partial charge is 0.490 e. The molecule has 1 atom stereocenters. The molecule has 0 fully saturated rings. The molecule has 0 saturated carbocycles. The zero-order valence-corrected chi connectivity index (χ0v) is 13.1. The summed E-state index contributed by atoms with van der Waals surface area (Å²) >= 11 is 0. The number of esters is 1. The van der Waals surface area contributed by atoms with E-state index in [-0.39, 0.29) is 18.3 Å². The molecule has 112 valence electrons. The summed E-state index contributed by atoms with van der Waals surface area (Å²) in [5.74, 6) is 6.30. The van der Waals surface area contributed by atoms with E-state index in [0.29, 0.717) is 6.61 Å². The van der Waals surface area contributed by atoms with Crippen molar-refractivity contribution in [2.24, 2.45) is 0 Å². The molecule has 21 heavy (non-hydrogen) atoms. The lowest BCUT2D eigenvalue weighted by atomic mass is 9.96. The van der Waals surface area contributed by atoms with Crippen molar-refractivity contribution in [2.75, 3.05) is 13.7 Å². The van der Waals surface area contributed by atoms with Gasteiger partial charge in [-0.25, -0.2) is 0 Å². The van der Waals surface area contributed by atoms with Crippen molar-refractivity contribution in [3.63, 3.8) is 0 Å².